The molecule has 0 saturated carbocycles. The van der Waals surface area contributed by atoms with E-state index in [1.165, 1.54) is 0 Å². The van der Waals surface area contributed by atoms with E-state index >= 15 is 0 Å². The zero-order chi connectivity index (χ0) is 10.2. The molecule has 0 N–H and O–H groups in total. The van der Waals surface area contributed by atoms with Crippen LogP contribution in [-0.2, 0) is 9.84 Å². The molecule has 1 aromatic carbocycles. The van der Waals surface area contributed by atoms with Crippen LogP contribution < -0.4 is 0 Å². The molecule has 13 heavy (non-hydrogen) atoms. The largest absolute Gasteiger partial charge is 0.224 e. The minimum Gasteiger partial charge on any atom is -0.224 e. The molecule has 6 heteroatoms. The van der Waals surface area contributed by atoms with Gasteiger partial charge in [-0.1, -0.05) is 0 Å². The number of hydrogen-bond donors (Lipinski definition) is 0. The van der Waals surface area contributed by atoms with E-state index in [9.17, 15) is 17.2 Å². The van der Waals surface area contributed by atoms with Gasteiger partial charge in [-0.2, -0.15) is 0 Å². The average molecular weight is 271 g/mol. The molecular weight excluding hydrogens is 266 g/mol. The molecule has 0 aliphatic carbocycles. The Kier molecular flexibility index (Phi) is 2.72. The number of hydrogen-bond acceptors (Lipinski definition) is 2. The van der Waals surface area contributed by atoms with Gasteiger partial charge in [0.25, 0.3) is 0 Å². The van der Waals surface area contributed by atoms with E-state index in [1.807, 2.05) is 0 Å². The first-order valence-corrected chi connectivity index (χ1v) is 5.85. The third-order valence-corrected chi connectivity index (χ3v) is 3.09. The maximum atomic E-state index is 12.9. The summed E-state index contributed by atoms with van der Waals surface area (Å²) in [6, 6.07) is 1.43. The second-order valence-corrected chi connectivity index (χ2v) is 5.31. The van der Waals surface area contributed by atoms with Crippen LogP contribution in [0.5, 0.6) is 0 Å². The first-order chi connectivity index (χ1) is 5.82. The van der Waals surface area contributed by atoms with E-state index in [0.29, 0.717) is 6.07 Å². The second kappa shape index (κ2) is 3.34. The Morgan fingerprint density at radius 2 is 1.77 bits per heavy atom. The number of benzene rings is 1. The van der Waals surface area contributed by atoms with Gasteiger partial charge in [0.05, 0.1) is 4.47 Å². The molecule has 72 valence electrons. The molecule has 0 amide bonds. The maximum absolute atomic E-state index is 12.9. The summed E-state index contributed by atoms with van der Waals surface area (Å²) in [5.74, 6) is -1.91. The lowest BCUT2D eigenvalue weighted by Crippen LogP contribution is -2.01. The molecule has 1 rings (SSSR count). The minimum atomic E-state index is -3.64. The van der Waals surface area contributed by atoms with Crippen LogP contribution in [0.1, 0.15) is 0 Å². The van der Waals surface area contributed by atoms with Crippen LogP contribution in [-0.4, -0.2) is 14.7 Å². The molecule has 0 spiro atoms. The molecule has 0 unspecified atom stereocenters. The first-order valence-electron chi connectivity index (χ1n) is 3.17. The highest BCUT2D eigenvalue weighted by Gasteiger charge is 2.16. The summed E-state index contributed by atoms with van der Waals surface area (Å²) in [5, 5.41) is 0. The Balaban J connectivity index is 3.50. The fraction of sp³-hybridized carbons (Fsp3) is 0.143. The van der Waals surface area contributed by atoms with Crippen molar-refractivity contribution in [1.82, 2.24) is 0 Å². The Bertz CT molecular complexity index is 442. The molecule has 0 heterocycles. The molecule has 0 aliphatic heterocycles. The van der Waals surface area contributed by atoms with Crippen LogP contribution in [0.2, 0.25) is 0 Å². The lowest BCUT2D eigenvalue weighted by molar-refractivity contribution is 0.548. The monoisotopic (exact) mass is 270 g/mol. The van der Waals surface area contributed by atoms with E-state index in [4.69, 9.17) is 0 Å². The van der Waals surface area contributed by atoms with Crippen LogP contribution >= 0.6 is 15.9 Å². The van der Waals surface area contributed by atoms with E-state index in [2.05, 4.69) is 15.9 Å². The fourth-order valence-electron chi connectivity index (χ4n) is 0.788. The molecule has 0 radical (unpaired) electrons. The molecule has 0 bridgehead atoms. The number of rotatable bonds is 1. The summed E-state index contributed by atoms with van der Waals surface area (Å²) in [5.41, 5.74) is 0. The van der Waals surface area contributed by atoms with E-state index in [0.717, 1.165) is 12.3 Å². The lowest BCUT2D eigenvalue weighted by Gasteiger charge is -2.01. The summed E-state index contributed by atoms with van der Waals surface area (Å²) in [4.78, 5) is -0.513. The van der Waals surface area contributed by atoms with Crippen molar-refractivity contribution >= 4 is 25.8 Å². The van der Waals surface area contributed by atoms with Gasteiger partial charge in [-0.15, -0.1) is 0 Å². The topological polar surface area (TPSA) is 34.1 Å². The molecule has 2 nitrogen and oxygen atoms in total. The fourth-order valence-corrected chi connectivity index (χ4v) is 2.03. The van der Waals surface area contributed by atoms with Crippen molar-refractivity contribution in [3.63, 3.8) is 0 Å². The minimum absolute atomic E-state index is 0.0747. The first kappa shape index (κ1) is 10.6. The predicted molar refractivity (Wildman–Crippen MR) is 47.2 cm³/mol. The molecule has 1 aromatic rings. The van der Waals surface area contributed by atoms with Gasteiger partial charge in [-0.05, 0) is 22.0 Å². The maximum Gasteiger partial charge on any atom is 0.178 e. The summed E-state index contributed by atoms with van der Waals surface area (Å²) in [6.07, 6.45) is 0.857. The Morgan fingerprint density at radius 1 is 1.23 bits per heavy atom. The standard InChI is InChI=1S/C7H5BrF2O2S/c1-13(11,12)7-2-4(8)5(9)3-6(7)10/h2-3H,1H3. The predicted octanol–water partition coefficient (Wildman–Crippen LogP) is 2.13. The molecule has 0 fully saturated rings. The van der Waals surface area contributed by atoms with Crippen molar-refractivity contribution in [2.75, 3.05) is 6.26 Å². The van der Waals surface area contributed by atoms with E-state index in [1.54, 1.807) is 0 Å². The van der Waals surface area contributed by atoms with Crippen molar-refractivity contribution in [3.05, 3.63) is 28.2 Å². The number of halogens is 3. The van der Waals surface area contributed by atoms with Gasteiger partial charge >= 0.3 is 0 Å². The molecule has 0 atom stereocenters. The lowest BCUT2D eigenvalue weighted by atomic mass is 10.3. The summed E-state index contributed by atoms with van der Waals surface area (Å²) < 4.78 is 47.3. The Morgan fingerprint density at radius 3 is 2.23 bits per heavy atom. The van der Waals surface area contributed by atoms with Crippen molar-refractivity contribution in [2.45, 2.75) is 4.90 Å². The average Bonchev–Trinajstić information content (AvgIpc) is 1.94. The SMILES string of the molecule is CS(=O)(=O)c1cc(Br)c(F)cc1F. The highest BCUT2D eigenvalue weighted by molar-refractivity contribution is 9.10. The molecule has 0 saturated heterocycles. The smallest absolute Gasteiger partial charge is 0.178 e. The van der Waals surface area contributed by atoms with Gasteiger partial charge in [0.15, 0.2) is 9.84 Å². The summed E-state index contributed by atoms with van der Waals surface area (Å²) in [6.45, 7) is 0. The Labute approximate surface area is 82.6 Å². The molecule has 0 aromatic heterocycles. The van der Waals surface area contributed by atoms with Crippen LogP contribution in [0, 0.1) is 11.6 Å². The quantitative estimate of drug-likeness (QED) is 0.579. The van der Waals surface area contributed by atoms with E-state index in [-0.39, 0.29) is 4.47 Å². The van der Waals surface area contributed by atoms with Crippen LogP contribution in [0.3, 0.4) is 0 Å². The third kappa shape index (κ3) is 2.25. The highest BCUT2D eigenvalue weighted by atomic mass is 79.9. The van der Waals surface area contributed by atoms with Crippen molar-refractivity contribution in [1.29, 1.82) is 0 Å². The normalized spacial score (nSPS) is 11.7. The van der Waals surface area contributed by atoms with Gasteiger partial charge in [0, 0.05) is 12.3 Å². The van der Waals surface area contributed by atoms with Crippen LogP contribution in [0.25, 0.3) is 0 Å². The zero-order valence-electron chi connectivity index (χ0n) is 6.51. The van der Waals surface area contributed by atoms with Gasteiger partial charge in [0.1, 0.15) is 16.5 Å². The van der Waals surface area contributed by atoms with Crippen LogP contribution in [0.15, 0.2) is 21.5 Å². The van der Waals surface area contributed by atoms with Gasteiger partial charge in [-0.3, -0.25) is 0 Å². The van der Waals surface area contributed by atoms with Crippen molar-refractivity contribution in [3.8, 4) is 0 Å². The second-order valence-electron chi connectivity index (χ2n) is 2.47. The number of sulfone groups is 1. The van der Waals surface area contributed by atoms with Gasteiger partial charge < -0.3 is 0 Å². The third-order valence-electron chi connectivity index (χ3n) is 1.37. The van der Waals surface area contributed by atoms with Gasteiger partial charge in [0.2, 0.25) is 0 Å². The van der Waals surface area contributed by atoms with Crippen LogP contribution in [0.4, 0.5) is 8.78 Å². The molecule has 0 aliphatic rings. The van der Waals surface area contributed by atoms with Crippen molar-refractivity contribution in [2.24, 2.45) is 0 Å². The summed E-state index contributed by atoms with van der Waals surface area (Å²) in [7, 11) is -3.64. The van der Waals surface area contributed by atoms with Crippen molar-refractivity contribution < 1.29 is 17.2 Å². The Hall–Kier alpha value is -0.490. The summed E-state index contributed by atoms with van der Waals surface area (Å²) >= 11 is 2.77. The highest BCUT2D eigenvalue weighted by Crippen LogP contribution is 2.22. The molecular formula is C7H5BrF2O2S. The van der Waals surface area contributed by atoms with E-state index < -0.39 is 26.4 Å². The zero-order valence-corrected chi connectivity index (χ0v) is 8.92. The van der Waals surface area contributed by atoms with Gasteiger partial charge in [-0.25, -0.2) is 17.2 Å².